The zero-order valence-electron chi connectivity index (χ0n) is 25.7. The third kappa shape index (κ3) is 12.6. The van der Waals surface area contributed by atoms with Crippen LogP contribution in [0.4, 0.5) is 4.79 Å². The van der Waals surface area contributed by atoms with Crippen LogP contribution in [0.2, 0.25) is 0 Å². The Bertz CT molecular complexity index is 1210. The fourth-order valence-electron chi connectivity index (χ4n) is 4.03. The van der Waals surface area contributed by atoms with Gasteiger partial charge < -0.3 is 30.2 Å². The summed E-state index contributed by atoms with van der Waals surface area (Å²) >= 11 is 0. The molecule has 0 heterocycles. The number of hydrogen-bond acceptors (Lipinski definition) is 8. The van der Waals surface area contributed by atoms with Gasteiger partial charge in [0, 0.05) is 6.42 Å². The van der Waals surface area contributed by atoms with E-state index in [1.54, 1.807) is 52.0 Å². The number of benzene rings is 2. The molecule has 3 amide bonds. The second-order valence-corrected chi connectivity index (χ2v) is 11.2. The summed E-state index contributed by atoms with van der Waals surface area (Å²) in [5.74, 6) is -3.15. The lowest BCUT2D eigenvalue weighted by Gasteiger charge is -2.28. The smallest absolute Gasteiger partial charge is 0.408 e. The van der Waals surface area contributed by atoms with Crippen LogP contribution >= 0.6 is 0 Å². The molecule has 2 aromatic rings. The van der Waals surface area contributed by atoms with Crippen LogP contribution < -0.4 is 16.0 Å². The maximum absolute atomic E-state index is 13.5. The molecule has 0 fully saturated rings. The monoisotopic (exact) mass is 597 g/mol. The number of nitrogens with one attached hydrogen (secondary N) is 3. The molecule has 0 aliphatic carbocycles. The molecule has 3 N–H and O–H groups in total. The highest BCUT2D eigenvalue weighted by Gasteiger charge is 2.34. The van der Waals surface area contributed by atoms with Gasteiger partial charge in [-0.05, 0) is 37.8 Å². The van der Waals surface area contributed by atoms with Crippen LogP contribution in [-0.2, 0) is 46.4 Å². The number of esters is 2. The summed E-state index contributed by atoms with van der Waals surface area (Å²) in [6.07, 6.45) is -0.743. The molecular formula is C32H43N3O8. The van der Waals surface area contributed by atoms with E-state index in [0.717, 1.165) is 11.1 Å². The average molecular weight is 598 g/mol. The van der Waals surface area contributed by atoms with E-state index in [-0.39, 0.29) is 18.9 Å². The summed E-state index contributed by atoms with van der Waals surface area (Å²) in [6, 6.07) is 14.6. The highest BCUT2D eigenvalue weighted by Crippen LogP contribution is 2.13. The Kier molecular flexibility index (Phi) is 13.7. The molecule has 2 aromatic carbocycles. The number of carbonyl (C=O) groups excluding carboxylic acids is 5. The maximum Gasteiger partial charge on any atom is 0.408 e. The molecule has 11 heteroatoms. The zero-order chi connectivity index (χ0) is 32.0. The molecule has 0 bridgehead atoms. The van der Waals surface area contributed by atoms with Crippen molar-refractivity contribution in [3.63, 3.8) is 0 Å². The summed E-state index contributed by atoms with van der Waals surface area (Å²) in [7, 11) is 1.23. The Hall–Kier alpha value is -4.41. The predicted octanol–water partition coefficient (Wildman–Crippen LogP) is 3.44. The average Bonchev–Trinajstić information content (AvgIpc) is 2.97. The molecule has 0 saturated carbocycles. The van der Waals surface area contributed by atoms with Crippen LogP contribution in [0.3, 0.4) is 0 Å². The molecule has 2 rings (SSSR count). The first kappa shape index (κ1) is 34.8. The van der Waals surface area contributed by atoms with E-state index in [2.05, 4.69) is 16.0 Å². The van der Waals surface area contributed by atoms with Gasteiger partial charge in [-0.25, -0.2) is 9.59 Å². The van der Waals surface area contributed by atoms with Crippen LogP contribution in [0.25, 0.3) is 0 Å². The van der Waals surface area contributed by atoms with E-state index in [1.165, 1.54) is 7.11 Å². The van der Waals surface area contributed by atoms with Crippen molar-refractivity contribution in [3.05, 3.63) is 71.8 Å². The molecule has 0 aromatic heterocycles. The number of amides is 3. The Morgan fingerprint density at radius 1 is 0.791 bits per heavy atom. The largest absolute Gasteiger partial charge is 0.467 e. The van der Waals surface area contributed by atoms with E-state index >= 15 is 0 Å². The van der Waals surface area contributed by atoms with E-state index in [9.17, 15) is 24.0 Å². The summed E-state index contributed by atoms with van der Waals surface area (Å²) < 4.78 is 15.5. The lowest BCUT2D eigenvalue weighted by atomic mass is 9.96. The van der Waals surface area contributed by atoms with Gasteiger partial charge in [0.1, 0.15) is 30.3 Å². The first-order valence-electron chi connectivity index (χ1n) is 14.2. The fourth-order valence-corrected chi connectivity index (χ4v) is 4.03. The Labute approximate surface area is 253 Å². The molecule has 234 valence electrons. The molecular weight excluding hydrogens is 554 g/mol. The highest BCUT2D eigenvalue weighted by atomic mass is 16.6. The first-order chi connectivity index (χ1) is 20.3. The molecule has 0 spiro atoms. The van der Waals surface area contributed by atoms with Crippen LogP contribution in [-0.4, -0.2) is 60.7 Å². The van der Waals surface area contributed by atoms with Gasteiger partial charge in [-0.1, -0.05) is 80.9 Å². The van der Waals surface area contributed by atoms with Gasteiger partial charge in [0.05, 0.1) is 13.5 Å². The van der Waals surface area contributed by atoms with Crippen LogP contribution in [0, 0.1) is 5.92 Å². The van der Waals surface area contributed by atoms with Crippen molar-refractivity contribution in [2.45, 2.75) is 84.2 Å². The highest BCUT2D eigenvalue weighted by molar-refractivity contribution is 5.94. The summed E-state index contributed by atoms with van der Waals surface area (Å²) in [6.45, 7) is 8.56. The van der Waals surface area contributed by atoms with Crippen molar-refractivity contribution < 1.29 is 38.2 Å². The van der Waals surface area contributed by atoms with Crippen LogP contribution in [0.5, 0.6) is 0 Å². The topological polar surface area (TPSA) is 149 Å². The van der Waals surface area contributed by atoms with Gasteiger partial charge in [0.25, 0.3) is 0 Å². The summed E-state index contributed by atoms with van der Waals surface area (Å²) in [5.41, 5.74) is 0.693. The van der Waals surface area contributed by atoms with Gasteiger partial charge in [0.2, 0.25) is 11.8 Å². The molecule has 0 saturated heterocycles. The zero-order valence-corrected chi connectivity index (χ0v) is 25.7. The number of ether oxygens (including phenoxy) is 3. The fraction of sp³-hybridized carbons (Fsp3) is 0.469. The van der Waals surface area contributed by atoms with Gasteiger partial charge in [-0.15, -0.1) is 0 Å². The van der Waals surface area contributed by atoms with Crippen molar-refractivity contribution in [2.24, 2.45) is 5.92 Å². The van der Waals surface area contributed by atoms with Crippen molar-refractivity contribution in [1.29, 1.82) is 0 Å². The third-order valence-corrected chi connectivity index (χ3v) is 6.50. The van der Waals surface area contributed by atoms with Crippen molar-refractivity contribution in [3.8, 4) is 0 Å². The van der Waals surface area contributed by atoms with Crippen LogP contribution in [0.15, 0.2) is 60.7 Å². The maximum atomic E-state index is 13.5. The lowest BCUT2D eigenvalue weighted by molar-refractivity contribution is -0.147. The minimum atomic E-state index is -1.40. The standard InChI is InChI=1S/C32H43N3O8/c1-7-21(2)27(29(38)33-25(30(39)41-6)18-22-14-10-8-11-15-22)35-28(37)24(34-31(40)43-32(3,4)5)19-26(36)42-20-23-16-12-9-13-17-23/h8-17,21,24-25,27H,7,18-20H2,1-6H3,(H,33,38)(H,34,40)(H,35,37)/t21-,24-,25-,27-/m0/s1. The van der Waals surface area contributed by atoms with Gasteiger partial charge in [-0.2, -0.15) is 0 Å². The Morgan fingerprint density at radius 2 is 1.37 bits per heavy atom. The van der Waals surface area contributed by atoms with E-state index in [4.69, 9.17) is 14.2 Å². The van der Waals surface area contributed by atoms with Gasteiger partial charge >= 0.3 is 18.0 Å². The molecule has 0 aliphatic rings. The van der Waals surface area contributed by atoms with Crippen LogP contribution in [0.1, 0.15) is 58.6 Å². The molecule has 0 unspecified atom stereocenters. The lowest BCUT2D eigenvalue weighted by Crippen LogP contribution is -2.58. The molecule has 0 radical (unpaired) electrons. The summed E-state index contributed by atoms with van der Waals surface area (Å²) in [4.78, 5) is 64.8. The first-order valence-corrected chi connectivity index (χ1v) is 14.2. The minimum absolute atomic E-state index is 0.0192. The summed E-state index contributed by atoms with van der Waals surface area (Å²) in [5, 5.41) is 7.78. The molecule has 43 heavy (non-hydrogen) atoms. The third-order valence-electron chi connectivity index (χ3n) is 6.50. The molecule has 4 atom stereocenters. The van der Waals surface area contributed by atoms with Crippen molar-refractivity contribution in [2.75, 3.05) is 7.11 Å². The normalized spacial score (nSPS) is 13.8. The predicted molar refractivity (Wildman–Crippen MR) is 159 cm³/mol. The Balaban J connectivity index is 2.21. The SMILES string of the molecule is CC[C@H](C)[C@H](NC(=O)[C@H](CC(=O)OCc1ccccc1)NC(=O)OC(C)(C)C)C(=O)N[C@@H](Cc1ccccc1)C(=O)OC. The quantitative estimate of drug-likeness (QED) is 0.222. The van der Waals surface area contributed by atoms with E-state index < -0.39 is 60.0 Å². The number of rotatable bonds is 14. The van der Waals surface area contributed by atoms with E-state index in [1.807, 2.05) is 43.3 Å². The van der Waals surface area contributed by atoms with Gasteiger partial charge in [-0.3, -0.25) is 14.4 Å². The minimum Gasteiger partial charge on any atom is -0.467 e. The number of alkyl carbamates (subject to hydrolysis) is 1. The van der Waals surface area contributed by atoms with E-state index in [0.29, 0.717) is 6.42 Å². The number of carbonyl (C=O) groups is 5. The second kappa shape index (κ2) is 16.9. The van der Waals surface area contributed by atoms with Crippen molar-refractivity contribution >= 4 is 29.8 Å². The molecule has 0 aliphatic heterocycles. The number of methoxy groups -OCH3 is 1. The number of hydrogen-bond donors (Lipinski definition) is 3. The Morgan fingerprint density at radius 3 is 1.91 bits per heavy atom. The van der Waals surface area contributed by atoms with Gasteiger partial charge in [0.15, 0.2) is 0 Å². The van der Waals surface area contributed by atoms with Crippen molar-refractivity contribution in [1.82, 2.24) is 16.0 Å². The molecule has 11 nitrogen and oxygen atoms in total. The second-order valence-electron chi connectivity index (χ2n) is 11.2.